The fraction of sp³-hybridized carbons (Fsp3) is 0.677. The van der Waals surface area contributed by atoms with E-state index in [1.54, 1.807) is 53.7 Å². The standard InChI is InChI=1S/C31H49NO8/c1-10-13-19(4)27(33)39-25-16-15-23(18-26(25)40-28(34)20(5)14-11-2)17-24(32)29(35)37-21(6)22(7)38-30(36)31(8,9)12-3/h15-16,18-22,24H,10-14,17,32H2,1-9H3/t19?,20?,21-,22-,24-/m0/s1. The summed E-state index contributed by atoms with van der Waals surface area (Å²) in [5.41, 5.74) is 6.10. The molecular formula is C31H49NO8. The molecule has 0 saturated heterocycles. The molecule has 2 unspecified atom stereocenters. The number of nitrogens with two attached hydrogens (primary N) is 1. The molecule has 0 amide bonds. The van der Waals surface area contributed by atoms with Crippen LogP contribution in [0.2, 0.25) is 0 Å². The zero-order valence-electron chi connectivity index (χ0n) is 25.7. The minimum atomic E-state index is -1.03. The molecule has 9 nitrogen and oxygen atoms in total. The molecule has 0 radical (unpaired) electrons. The minimum Gasteiger partial charge on any atom is -0.458 e. The Morgan fingerprint density at radius 3 is 1.77 bits per heavy atom. The predicted molar refractivity (Wildman–Crippen MR) is 153 cm³/mol. The number of benzene rings is 1. The smallest absolute Gasteiger partial charge is 0.323 e. The van der Waals surface area contributed by atoms with Gasteiger partial charge in [0.05, 0.1) is 17.3 Å². The number of carbonyl (C=O) groups excluding carboxylic acids is 4. The van der Waals surface area contributed by atoms with E-state index in [-0.39, 0.29) is 35.7 Å². The van der Waals surface area contributed by atoms with Crippen LogP contribution in [-0.2, 0) is 35.1 Å². The van der Waals surface area contributed by atoms with Crippen LogP contribution in [-0.4, -0.2) is 42.1 Å². The number of carbonyl (C=O) groups is 4. The zero-order chi connectivity index (χ0) is 30.6. The van der Waals surface area contributed by atoms with Gasteiger partial charge in [-0.3, -0.25) is 19.2 Å². The van der Waals surface area contributed by atoms with Crippen LogP contribution < -0.4 is 15.2 Å². The van der Waals surface area contributed by atoms with Gasteiger partial charge in [0.15, 0.2) is 11.5 Å². The minimum absolute atomic E-state index is 0.0815. The molecule has 1 rings (SSSR count). The first-order chi connectivity index (χ1) is 18.7. The van der Waals surface area contributed by atoms with Crippen molar-refractivity contribution in [2.24, 2.45) is 23.0 Å². The average molecular weight is 564 g/mol. The van der Waals surface area contributed by atoms with Crippen molar-refractivity contribution in [2.45, 2.75) is 119 Å². The molecule has 5 atom stereocenters. The fourth-order valence-corrected chi connectivity index (χ4v) is 3.64. The monoisotopic (exact) mass is 563 g/mol. The van der Waals surface area contributed by atoms with Gasteiger partial charge in [-0.15, -0.1) is 0 Å². The van der Waals surface area contributed by atoms with Crippen molar-refractivity contribution in [1.29, 1.82) is 0 Å². The molecule has 0 aliphatic carbocycles. The van der Waals surface area contributed by atoms with E-state index in [0.29, 0.717) is 24.8 Å². The number of hydrogen-bond acceptors (Lipinski definition) is 9. The molecule has 0 aliphatic heterocycles. The lowest BCUT2D eigenvalue weighted by atomic mass is 9.90. The molecule has 0 aromatic heterocycles. The van der Waals surface area contributed by atoms with Gasteiger partial charge < -0.3 is 24.7 Å². The first-order valence-corrected chi connectivity index (χ1v) is 14.4. The number of esters is 4. The molecule has 0 heterocycles. The Labute approximate surface area is 239 Å². The molecule has 1 aromatic rings. The Morgan fingerprint density at radius 2 is 1.27 bits per heavy atom. The Balaban J connectivity index is 3.01. The topological polar surface area (TPSA) is 131 Å². The van der Waals surface area contributed by atoms with Crippen molar-refractivity contribution in [3.63, 3.8) is 0 Å². The maximum Gasteiger partial charge on any atom is 0.323 e. The van der Waals surface area contributed by atoms with Crippen LogP contribution in [0.15, 0.2) is 18.2 Å². The molecule has 0 bridgehead atoms. The van der Waals surface area contributed by atoms with Gasteiger partial charge in [-0.25, -0.2) is 0 Å². The summed E-state index contributed by atoms with van der Waals surface area (Å²) in [7, 11) is 0. The first-order valence-electron chi connectivity index (χ1n) is 14.4. The van der Waals surface area contributed by atoms with E-state index in [9.17, 15) is 19.2 Å². The molecular weight excluding hydrogens is 514 g/mol. The summed E-state index contributed by atoms with van der Waals surface area (Å²) in [6.07, 6.45) is 2.29. The van der Waals surface area contributed by atoms with E-state index < -0.39 is 41.6 Å². The molecule has 0 fully saturated rings. The lowest BCUT2D eigenvalue weighted by Gasteiger charge is -2.27. The summed E-state index contributed by atoms with van der Waals surface area (Å²) in [5.74, 6) is -2.31. The Bertz CT molecular complexity index is 1010. The third kappa shape index (κ3) is 10.9. The summed E-state index contributed by atoms with van der Waals surface area (Å²) < 4.78 is 22.2. The van der Waals surface area contributed by atoms with Crippen molar-refractivity contribution in [3.8, 4) is 11.5 Å². The van der Waals surface area contributed by atoms with Gasteiger partial charge >= 0.3 is 23.9 Å². The van der Waals surface area contributed by atoms with Crippen LogP contribution in [0, 0.1) is 17.3 Å². The van der Waals surface area contributed by atoms with E-state index in [2.05, 4.69) is 0 Å². The Hall–Kier alpha value is -2.94. The van der Waals surface area contributed by atoms with Gasteiger partial charge in [-0.2, -0.15) is 0 Å². The maximum absolute atomic E-state index is 12.7. The molecule has 2 N–H and O–H groups in total. The molecule has 0 saturated carbocycles. The van der Waals surface area contributed by atoms with E-state index in [1.165, 1.54) is 6.07 Å². The summed E-state index contributed by atoms with van der Waals surface area (Å²) in [5, 5.41) is 0. The summed E-state index contributed by atoms with van der Waals surface area (Å²) in [6, 6.07) is 3.72. The molecule has 40 heavy (non-hydrogen) atoms. The molecule has 1 aromatic carbocycles. The van der Waals surface area contributed by atoms with E-state index in [1.807, 2.05) is 20.8 Å². The Morgan fingerprint density at radius 1 is 0.775 bits per heavy atom. The van der Waals surface area contributed by atoms with Crippen molar-refractivity contribution in [2.75, 3.05) is 0 Å². The van der Waals surface area contributed by atoms with Crippen molar-refractivity contribution >= 4 is 23.9 Å². The predicted octanol–water partition coefficient (Wildman–Crippen LogP) is 5.54. The number of hydrogen-bond donors (Lipinski definition) is 1. The highest BCUT2D eigenvalue weighted by atomic mass is 16.6. The highest BCUT2D eigenvalue weighted by molar-refractivity contribution is 5.79. The fourth-order valence-electron chi connectivity index (χ4n) is 3.64. The van der Waals surface area contributed by atoms with E-state index in [0.717, 1.165) is 12.8 Å². The summed E-state index contributed by atoms with van der Waals surface area (Å²) >= 11 is 0. The average Bonchev–Trinajstić information content (AvgIpc) is 2.89. The second kappa shape index (κ2) is 16.4. The van der Waals surface area contributed by atoms with Crippen LogP contribution in [0.5, 0.6) is 11.5 Å². The van der Waals surface area contributed by atoms with Gasteiger partial charge in [-0.1, -0.05) is 53.5 Å². The van der Waals surface area contributed by atoms with Gasteiger partial charge in [0.25, 0.3) is 0 Å². The van der Waals surface area contributed by atoms with Crippen LogP contribution in [0.3, 0.4) is 0 Å². The van der Waals surface area contributed by atoms with Crippen molar-refractivity contribution in [1.82, 2.24) is 0 Å². The molecule has 0 aliphatic rings. The van der Waals surface area contributed by atoms with Gasteiger partial charge in [-0.05, 0) is 71.1 Å². The third-order valence-electron chi connectivity index (χ3n) is 7.13. The normalized spacial score (nSPS) is 15.2. The first kappa shape index (κ1) is 35.1. The summed E-state index contributed by atoms with van der Waals surface area (Å²) in [4.78, 5) is 50.3. The lowest BCUT2D eigenvalue weighted by molar-refractivity contribution is -0.172. The van der Waals surface area contributed by atoms with Crippen molar-refractivity contribution < 1.29 is 38.1 Å². The van der Waals surface area contributed by atoms with Gasteiger partial charge in [0, 0.05) is 0 Å². The summed E-state index contributed by atoms with van der Waals surface area (Å²) in [6.45, 7) is 16.3. The maximum atomic E-state index is 12.7. The zero-order valence-corrected chi connectivity index (χ0v) is 25.7. The molecule has 226 valence electrons. The SMILES string of the molecule is CCCC(C)C(=O)Oc1ccc(C[C@H](N)C(=O)O[C@@H](C)[C@H](C)OC(=O)C(C)(C)CC)cc1OC(=O)C(C)CCC. The van der Waals surface area contributed by atoms with Crippen molar-refractivity contribution in [3.05, 3.63) is 23.8 Å². The lowest BCUT2D eigenvalue weighted by Crippen LogP contribution is -2.40. The van der Waals surface area contributed by atoms with Gasteiger partial charge in [0.2, 0.25) is 0 Å². The quantitative estimate of drug-likeness (QED) is 0.203. The second-order valence-corrected chi connectivity index (χ2v) is 11.3. The van der Waals surface area contributed by atoms with Crippen LogP contribution in [0.4, 0.5) is 0 Å². The number of rotatable bonds is 16. The highest BCUT2D eigenvalue weighted by Crippen LogP contribution is 2.31. The highest BCUT2D eigenvalue weighted by Gasteiger charge is 2.31. The molecule has 9 heteroatoms. The van der Waals surface area contributed by atoms with Crippen LogP contribution >= 0.6 is 0 Å². The van der Waals surface area contributed by atoms with E-state index >= 15 is 0 Å². The number of ether oxygens (including phenoxy) is 4. The third-order valence-corrected chi connectivity index (χ3v) is 7.13. The molecule has 0 spiro atoms. The largest absolute Gasteiger partial charge is 0.458 e. The van der Waals surface area contributed by atoms with Crippen LogP contribution in [0.1, 0.15) is 100.0 Å². The Kier molecular flexibility index (Phi) is 14.3. The van der Waals surface area contributed by atoms with Gasteiger partial charge in [0.1, 0.15) is 18.2 Å². The van der Waals surface area contributed by atoms with E-state index in [4.69, 9.17) is 24.7 Å². The van der Waals surface area contributed by atoms with Crippen LogP contribution in [0.25, 0.3) is 0 Å². The second-order valence-electron chi connectivity index (χ2n) is 11.3.